The zero-order valence-electron chi connectivity index (χ0n) is 9.76. The van der Waals surface area contributed by atoms with E-state index in [9.17, 15) is 4.79 Å². The summed E-state index contributed by atoms with van der Waals surface area (Å²) in [5.74, 6) is -0.0614. The minimum absolute atomic E-state index is 0.0614. The molecule has 3 nitrogen and oxygen atoms in total. The summed E-state index contributed by atoms with van der Waals surface area (Å²) in [4.78, 5) is 14.5. The summed E-state index contributed by atoms with van der Waals surface area (Å²) in [7, 11) is 1.75. The number of nitrogens with zero attached hydrogens (tertiary/aromatic N) is 1. The van der Waals surface area contributed by atoms with Crippen molar-refractivity contribution in [3.63, 3.8) is 0 Å². The molecule has 94 valence electrons. The Kier molecular flexibility index (Phi) is 4.14. The van der Waals surface area contributed by atoms with Crippen LogP contribution in [0.1, 0.15) is 15.9 Å². The van der Waals surface area contributed by atoms with Crippen LogP contribution in [0, 0.1) is 0 Å². The van der Waals surface area contributed by atoms with Gasteiger partial charge in [-0.3, -0.25) is 4.79 Å². The minimum Gasteiger partial charge on any atom is -0.472 e. The van der Waals surface area contributed by atoms with Crippen molar-refractivity contribution >= 4 is 34.5 Å². The molecule has 0 saturated carbocycles. The van der Waals surface area contributed by atoms with Gasteiger partial charge in [0.1, 0.15) is 0 Å². The molecule has 1 heterocycles. The average molecular weight is 326 g/mol. The smallest absolute Gasteiger partial charge is 0.255 e. The lowest BCUT2D eigenvalue weighted by atomic mass is 10.2. The fraction of sp³-hybridized carbons (Fsp3) is 0.154. The lowest BCUT2D eigenvalue weighted by Gasteiger charge is -2.17. The number of amides is 1. The second-order valence-electron chi connectivity index (χ2n) is 3.95. The van der Waals surface area contributed by atoms with Gasteiger partial charge in [0.05, 0.1) is 18.1 Å². The van der Waals surface area contributed by atoms with Crippen molar-refractivity contribution in [3.8, 4) is 0 Å². The number of carbonyl (C=O) groups excluding carboxylic acids is 1. The number of hydrogen-bond acceptors (Lipinski definition) is 3. The fourth-order valence-electron chi connectivity index (χ4n) is 1.62. The highest BCUT2D eigenvalue weighted by Gasteiger charge is 2.15. The summed E-state index contributed by atoms with van der Waals surface area (Å²) < 4.78 is 5.89. The van der Waals surface area contributed by atoms with Crippen LogP contribution in [0.2, 0.25) is 0 Å². The van der Waals surface area contributed by atoms with Crippen molar-refractivity contribution in [2.75, 3.05) is 7.05 Å². The first-order valence-electron chi connectivity index (χ1n) is 5.33. The van der Waals surface area contributed by atoms with Gasteiger partial charge < -0.3 is 9.32 Å². The number of benzene rings is 1. The molecule has 0 radical (unpaired) electrons. The maximum absolute atomic E-state index is 12.2. The van der Waals surface area contributed by atoms with Crippen LogP contribution in [0.5, 0.6) is 0 Å². The first-order chi connectivity index (χ1) is 8.58. The number of carbonyl (C=O) groups is 1. The summed E-state index contributed by atoms with van der Waals surface area (Å²) in [6.07, 6.45) is 3.23. The maximum atomic E-state index is 12.2. The van der Waals surface area contributed by atoms with E-state index >= 15 is 0 Å². The van der Waals surface area contributed by atoms with E-state index in [1.807, 2.05) is 18.2 Å². The van der Waals surface area contributed by atoms with Crippen LogP contribution >= 0.6 is 28.6 Å². The van der Waals surface area contributed by atoms with E-state index < -0.39 is 0 Å². The predicted molar refractivity (Wildman–Crippen MR) is 75.9 cm³/mol. The Labute approximate surface area is 119 Å². The molecule has 0 spiro atoms. The normalized spacial score (nSPS) is 10.4. The molecule has 0 aliphatic rings. The van der Waals surface area contributed by atoms with Gasteiger partial charge in [-0.2, -0.15) is 0 Å². The van der Waals surface area contributed by atoms with Gasteiger partial charge in [-0.15, -0.1) is 12.6 Å². The van der Waals surface area contributed by atoms with Gasteiger partial charge in [-0.05, 0) is 24.3 Å². The fourth-order valence-corrected chi connectivity index (χ4v) is 2.47. The topological polar surface area (TPSA) is 33.5 Å². The Hall–Kier alpha value is -1.20. The largest absolute Gasteiger partial charge is 0.472 e. The highest BCUT2D eigenvalue weighted by atomic mass is 79.9. The number of thiol groups is 1. The lowest BCUT2D eigenvalue weighted by Crippen LogP contribution is -2.26. The molecular formula is C13H12BrNO2S. The molecule has 0 unspecified atom stereocenters. The Bertz CT molecular complexity index is 554. The zero-order valence-corrected chi connectivity index (χ0v) is 12.2. The van der Waals surface area contributed by atoms with Crippen LogP contribution in [0.3, 0.4) is 0 Å². The second kappa shape index (κ2) is 5.63. The molecule has 0 bridgehead atoms. The Morgan fingerprint density at radius 2 is 2.22 bits per heavy atom. The molecule has 0 aliphatic carbocycles. The number of halogens is 1. The van der Waals surface area contributed by atoms with E-state index in [2.05, 4.69) is 28.6 Å². The number of hydrogen-bond donors (Lipinski definition) is 1. The summed E-state index contributed by atoms with van der Waals surface area (Å²) in [6.45, 7) is 0.513. The quantitative estimate of drug-likeness (QED) is 0.875. The molecule has 0 N–H and O–H groups in total. The van der Waals surface area contributed by atoms with Crippen LogP contribution in [0.4, 0.5) is 0 Å². The van der Waals surface area contributed by atoms with Gasteiger partial charge in [-0.1, -0.05) is 15.9 Å². The zero-order chi connectivity index (χ0) is 13.1. The summed E-state index contributed by atoms with van der Waals surface area (Å²) >= 11 is 7.66. The van der Waals surface area contributed by atoms with Gasteiger partial charge in [0.15, 0.2) is 0 Å². The highest BCUT2D eigenvalue weighted by molar-refractivity contribution is 9.10. The Morgan fingerprint density at radius 3 is 2.83 bits per heavy atom. The number of rotatable bonds is 3. The number of furan rings is 1. The Balaban J connectivity index is 2.15. The van der Waals surface area contributed by atoms with Crippen molar-refractivity contribution < 1.29 is 9.21 Å². The second-order valence-corrected chi connectivity index (χ2v) is 5.35. The molecule has 0 atom stereocenters. The van der Waals surface area contributed by atoms with Crippen molar-refractivity contribution in [2.24, 2.45) is 0 Å². The third kappa shape index (κ3) is 2.97. The monoisotopic (exact) mass is 325 g/mol. The van der Waals surface area contributed by atoms with Crippen molar-refractivity contribution in [2.45, 2.75) is 11.4 Å². The van der Waals surface area contributed by atoms with E-state index in [1.165, 1.54) is 0 Å². The van der Waals surface area contributed by atoms with Gasteiger partial charge in [-0.25, -0.2) is 0 Å². The lowest BCUT2D eigenvalue weighted by molar-refractivity contribution is 0.0781. The van der Waals surface area contributed by atoms with Crippen LogP contribution in [-0.2, 0) is 6.54 Å². The molecule has 2 aromatic rings. The highest BCUT2D eigenvalue weighted by Crippen LogP contribution is 2.21. The summed E-state index contributed by atoms with van der Waals surface area (Å²) in [5, 5.41) is 0. The van der Waals surface area contributed by atoms with Crippen LogP contribution < -0.4 is 0 Å². The molecule has 0 saturated heterocycles. The predicted octanol–water partition coefficient (Wildman–Crippen LogP) is 3.60. The first-order valence-corrected chi connectivity index (χ1v) is 6.57. The molecule has 0 fully saturated rings. The molecule has 1 aromatic heterocycles. The average Bonchev–Trinajstić information content (AvgIpc) is 2.81. The van der Waals surface area contributed by atoms with Gasteiger partial charge in [0, 0.05) is 28.5 Å². The van der Waals surface area contributed by atoms with Crippen LogP contribution in [-0.4, -0.2) is 17.9 Å². The molecule has 1 aromatic carbocycles. The van der Waals surface area contributed by atoms with Crippen molar-refractivity contribution in [3.05, 3.63) is 52.4 Å². The third-order valence-electron chi connectivity index (χ3n) is 2.54. The Morgan fingerprint density at radius 1 is 1.44 bits per heavy atom. The van der Waals surface area contributed by atoms with E-state index in [4.69, 9.17) is 4.42 Å². The van der Waals surface area contributed by atoms with E-state index in [0.29, 0.717) is 17.0 Å². The molecule has 2 rings (SSSR count). The van der Waals surface area contributed by atoms with Crippen molar-refractivity contribution in [1.82, 2.24) is 4.90 Å². The molecular weight excluding hydrogens is 314 g/mol. The maximum Gasteiger partial charge on any atom is 0.255 e. The molecule has 5 heteroatoms. The van der Waals surface area contributed by atoms with Gasteiger partial charge >= 0.3 is 0 Å². The molecule has 0 aliphatic heterocycles. The molecule has 18 heavy (non-hydrogen) atoms. The van der Waals surface area contributed by atoms with Gasteiger partial charge in [0.2, 0.25) is 0 Å². The van der Waals surface area contributed by atoms with Crippen LogP contribution in [0.15, 0.2) is 50.6 Å². The van der Waals surface area contributed by atoms with E-state index in [1.54, 1.807) is 30.5 Å². The first kappa shape index (κ1) is 13.2. The third-order valence-corrected chi connectivity index (χ3v) is 3.40. The summed E-state index contributed by atoms with van der Waals surface area (Å²) in [6, 6.07) is 7.24. The van der Waals surface area contributed by atoms with Crippen LogP contribution in [0.25, 0.3) is 0 Å². The van der Waals surface area contributed by atoms with Crippen molar-refractivity contribution in [1.29, 1.82) is 0 Å². The van der Waals surface area contributed by atoms with E-state index in [-0.39, 0.29) is 5.91 Å². The SMILES string of the molecule is CN(Cc1ccoc1)C(=O)c1ccc(Br)cc1S. The standard InChI is InChI=1S/C13H12BrNO2S/c1-15(7-9-4-5-17-8-9)13(16)11-3-2-10(14)6-12(11)18/h2-6,8,18H,7H2,1H3. The molecule has 1 amide bonds. The summed E-state index contributed by atoms with van der Waals surface area (Å²) in [5.41, 5.74) is 1.55. The van der Waals surface area contributed by atoms with Gasteiger partial charge in [0.25, 0.3) is 5.91 Å². The van der Waals surface area contributed by atoms with E-state index in [0.717, 1.165) is 10.0 Å². The minimum atomic E-state index is -0.0614.